The Kier molecular flexibility index (Phi) is 3.10. The van der Waals surface area contributed by atoms with Gasteiger partial charge in [-0.2, -0.15) is 0 Å². The van der Waals surface area contributed by atoms with Crippen LogP contribution >= 0.6 is 11.8 Å². The topological polar surface area (TPSA) is 42.0 Å². The number of amides is 1. The zero-order valence-corrected chi connectivity index (χ0v) is 7.81. The highest BCUT2D eigenvalue weighted by atomic mass is 32.2. The van der Waals surface area contributed by atoms with Gasteiger partial charge < -0.3 is 5.32 Å². The average Bonchev–Trinajstić information content (AvgIpc) is 2.16. The molecular formula is C8H10N2OS. The van der Waals surface area contributed by atoms with Crippen molar-refractivity contribution in [1.29, 1.82) is 0 Å². The van der Waals surface area contributed by atoms with E-state index in [2.05, 4.69) is 10.3 Å². The highest BCUT2D eigenvalue weighted by Crippen LogP contribution is 2.15. The minimum Gasteiger partial charge on any atom is -0.355 e. The summed E-state index contributed by atoms with van der Waals surface area (Å²) in [5, 5.41) is 3.32. The van der Waals surface area contributed by atoms with E-state index >= 15 is 0 Å². The Labute approximate surface area is 75.6 Å². The molecule has 1 rings (SSSR count). The van der Waals surface area contributed by atoms with Crippen LogP contribution in [0.3, 0.4) is 0 Å². The van der Waals surface area contributed by atoms with Gasteiger partial charge in [0.15, 0.2) is 0 Å². The van der Waals surface area contributed by atoms with E-state index in [9.17, 15) is 4.79 Å². The Balaban J connectivity index is 3.04. The van der Waals surface area contributed by atoms with E-state index in [0.717, 1.165) is 5.03 Å². The number of hydrogen-bond acceptors (Lipinski definition) is 3. The first-order valence-corrected chi connectivity index (χ1v) is 4.73. The first-order chi connectivity index (χ1) is 5.79. The molecule has 1 N–H and O–H groups in total. The lowest BCUT2D eigenvalue weighted by Gasteiger charge is -2.02. The predicted molar refractivity (Wildman–Crippen MR) is 49.4 cm³/mol. The molecule has 0 radical (unpaired) electrons. The lowest BCUT2D eigenvalue weighted by Crippen LogP contribution is -2.18. The number of carbonyl (C=O) groups excluding carboxylic acids is 1. The summed E-state index contributed by atoms with van der Waals surface area (Å²) in [6.45, 7) is 0. The smallest absolute Gasteiger partial charge is 0.253 e. The molecule has 0 fully saturated rings. The molecule has 0 aliphatic rings. The standard InChI is InChI=1S/C8H10N2OS/c1-9-7(11)6-4-3-5-10-8(6)12-2/h3-5H,1-2H3,(H,9,11). The third-order valence-electron chi connectivity index (χ3n) is 1.44. The van der Waals surface area contributed by atoms with Gasteiger partial charge in [0, 0.05) is 13.2 Å². The Morgan fingerprint density at radius 1 is 1.67 bits per heavy atom. The highest BCUT2D eigenvalue weighted by molar-refractivity contribution is 7.98. The molecule has 1 heterocycles. The zero-order valence-electron chi connectivity index (χ0n) is 7.00. The van der Waals surface area contributed by atoms with Crippen molar-refractivity contribution in [2.24, 2.45) is 0 Å². The van der Waals surface area contributed by atoms with Crippen LogP contribution < -0.4 is 5.32 Å². The summed E-state index contributed by atoms with van der Waals surface area (Å²) in [6, 6.07) is 3.52. The molecule has 64 valence electrons. The molecule has 0 spiro atoms. The Bertz CT molecular complexity index is 288. The second kappa shape index (κ2) is 4.11. The fraction of sp³-hybridized carbons (Fsp3) is 0.250. The minimum absolute atomic E-state index is 0.0903. The monoisotopic (exact) mass is 182 g/mol. The molecule has 0 aliphatic heterocycles. The van der Waals surface area contributed by atoms with Gasteiger partial charge in [0.2, 0.25) is 0 Å². The number of rotatable bonds is 2. The molecule has 0 unspecified atom stereocenters. The summed E-state index contributed by atoms with van der Waals surface area (Å²) < 4.78 is 0. The van der Waals surface area contributed by atoms with Crippen LogP contribution in [0.15, 0.2) is 23.4 Å². The summed E-state index contributed by atoms with van der Waals surface area (Å²) in [5.41, 5.74) is 0.632. The molecule has 0 saturated carbocycles. The van der Waals surface area contributed by atoms with Crippen molar-refractivity contribution in [3.8, 4) is 0 Å². The number of nitrogens with one attached hydrogen (secondary N) is 1. The third-order valence-corrected chi connectivity index (χ3v) is 2.15. The van der Waals surface area contributed by atoms with Crippen LogP contribution in [-0.4, -0.2) is 24.2 Å². The predicted octanol–water partition coefficient (Wildman–Crippen LogP) is 1.16. The Hall–Kier alpha value is -1.03. The lowest BCUT2D eigenvalue weighted by molar-refractivity contribution is 0.0959. The van der Waals surface area contributed by atoms with Crippen molar-refractivity contribution in [3.63, 3.8) is 0 Å². The molecule has 12 heavy (non-hydrogen) atoms. The average molecular weight is 182 g/mol. The molecular weight excluding hydrogens is 172 g/mol. The van der Waals surface area contributed by atoms with Gasteiger partial charge in [-0.15, -0.1) is 11.8 Å². The van der Waals surface area contributed by atoms with Crippen molar-refractivity contribution < 1.29 is 4.79 Å². The highest BCUT2D eigenvalue weighted by Gasteiger charge is 2.08. The van der Waals surface area contributed by atoms with Crippen molar-refractivity contribution >= 4 is 17.7 Å². The van der Waals surface area contributed by atoms with Gasteiger partial charge in [-0.3, -0.25) is 4.79 Å². The number of thioether (sulfide) groups is 1. The van der Waals surface area contributed by atoms with Gasteiger partial charge >= 0.3 is 0 Å². The maximum atomic E-state index is 11.2. The quantitative estimate of drug-likeness (QED) is 0.698. The minimum atomic E-state index is -0.0903. The van der Waals surface area contributed by atoms with Crippen LogP contribution in [0.5, 0.6) is 0 Å². The summed E-state index contributed by atoms with van der Waals surface area (Å²) >= 11 is 1.47. The second-order valence-corrected chi connectivity index (χ2v) is 2.93. The number of pyridine rings is 1. The van der Waals surface area contributed by atoms with Crippen LogP contribution in [0.4, 0.5) is 0 Å². The summed E-state index contributed by atoms with van der Waals surface area (Å²) in [6.07, 6.45) is 3.58. The number of nitrogens with zero attached hydrogens (tertiary/aromatic N) is 1. The summed E-state index contributed by atoms with van der Waals surface area (Å²) in [5.74, 6) is -0.0903. The van der Waals surface area contributed by atoms with Crippen molar-refractivity contribution in [2.45, 2.75) is 5.03 Å². The molecule has 3 nitrogen and oxygen atoms in total. The number of carbonyl (C=O) groups is 1. The van der Waals surface area contributed by atoms with E-state index in [0.29, 0.717) is 5.56 Å². The van der Waals surface area contributed by atoms with Gasteiger partial charge in [0.05, 0.1) is 5.56 Å². The first kappa shape index (κ1) is 9.06. The molecule has 0 aliphatic carbocycles. The van der Waals surface area contributed by atoms with E-state index in [1.807, 2.05) is 6.26 Å². The number of hydrogen-bond donors (Lipinski definition) is 1. The van der Waals surface area contributed by atoms with Crippen LogP contribution in [0.1, 0.15) is 10.4 Å². The van der Waals surface area contributed by atoms with Gasteiger partial charge in [-0.05, 0) is 18.4 Å². The molecule has 1 aromatic heterocycles. The van der Waals surface area contributed by atoms with Crippen LogP contribution in [-0.2, 0) is 0 Å². The van der Waals surface area contributed by atoms with E-state index in [1.54, 1.807) is 25.4 Å². The molecule has 1 amide bonds. The Morgan fingerprint density at radius 3 is 3.00 bits per heavy atom. The Morgan fingerprint density at radius 2 is 2.42 bits per heavy atom. The summed E-state index contributed by atoms with van der Waals surface area (Å²) in [7, 11) is 1.61. The fourth-order valence-corrected chi connectivity index (χ4v) is 1.41. The van der Waals surface area contributed by atoms with Crippen LogP contribution in [0.25, 0.3) is 0 Å². The largest absolute Gasteiger partial charge is 0.355 e. The van der Waals surface area contributed by atoms with Crippen LogP contribution in [0.2, 0.25) is 0 Å². The normalized spacial score (nSPS) is 9.50. The molecule has 4 heteroatoms. The van der Waals surface area contributed by atoms with E-state index in [4.69, 9.17) is 0 Å². The maximum absolute atomic E-state index is 11.2. The molecule has 0 atom stereocenters. The van der Waals surface area contributed by atoms with E-state index in [1.165, 1.54) is 11.8 Å². The molecule has 0 bridgehead atoms. The fourth-order valence-electron chi connectivity index (χ4n) is 0.861. The lowest BCUT2D eigenvalue weighted by atomic mass is 10.3. The van der Waals surface area contributed by atoms with Gasteiger partial charge in [-0.25, -0.2) is 4.98 Å². The molecule has 0 saturated heterocycles. The number of aromatic nitrogens is 1. The van der Waals surface area contributed by atoms with Gasteiger partial charge in [0.25, 0.3) is 5.91 Å². The zero-order chi connectivity index (χ0) is 8.97. The molecule has 1 aromatic rings. The van der Waals surface area contributed by atoms with Gasteiger partial charge in [0.1, 0.15) is 5.03 Å². The summed E-state index contributed by atoms with van der Waals surface area (Å²) in [4.78, 5) is 15.3. The van der Waals surface area contributed by atoms with Crippen molar-refractivity contribution in [2.75, 3.05) is 13.3 Å². The molecule has 0 aromatic carbocycles. The van der Waals surface area contributed by atoms with Crippen molar-refractivity contribution in [1.82, 2.24) is 10.3 Å². The van der Waals surface area contributed by atoms with Crippen molar-refractivity contribution in [3.05, 3.63) is 23.9 Å². The van der Waals surface area contributed by atoms with E-state index < -0.39 is 0 Å². The SMILES string of the molecule is CNC(=O)c1cccnc1SC. The third kappa shape index (κ3) is 1.76. The van der Waals surface area contributed by atoms with Gasteiger partial charge in [-0.1, -0.05) is 0 Å². The second-order valence-electron chi connectivity index (χ2n) is 2.14. The van der Waals surface area contributed by atoms with Crippen LogP contribution in [0, 0.1) is 0 Å². The maximum Gasteiger partial charge on any atom is 0.253 e. The first-order valence-electron chi connectivity index (χ1n) is 3.50. The van der Waals surface area contributed by atoms with E-state index in [-0.39, 0.29) is 5.91 Å².